The van der Waals surface area contributed by atoms with Gasteiger partial charge in [0.1, 0.15) is 5.60 Å². The van der Waals surface area contributed by atoms with Crippen molar-refractivity contribution in [2.75, 3.05) is 26.2 Å². The molecule has 1 aliphatic heterocycles. The zero-order valence-corrected chi connectivity index (χ0v) is 20.8. The van der Waals surface area contributed by atoms with Gasteiger partial charge in [0.15, 0.2) is 5.96 Å². The van der Waals surface area contributed by atoms with Crippen molar-refractivity contribution < 1.29 is 9.90 Å². The summed E-state index contributed by atoms with van der Waals surface area (Å²) in [6.07, 6.45) is 1.37. The average molecular weight is 549 g/mol. The van der Waals surface area contributed by atoms with Gasteiger partial charge in [0.05, 0.1) is 6.54 Å². The van der Waals surface area contributed by atoms with Crippen LogP contribution in [0.4, 0.5) is 0 Å². The third kappa shape index (κ3) is 6.66. The predicted octanol–water partition coefficient (Wildman–Crippen LogP) is 3.17. The Bertz CT molecular complexity index is 805. The van der Waals surface area contributed by atoms with Crippen LogP contribution in [0.5, 0.6) is 0 Å². The lowest BCUT2D eigenvalue weighted by molar-refractivity contribution is -0.131. The molecule has 9 heteroatoms. The summed E-state index contributed by atoms with van der Waals surface area (Å²) in [5.74, 6) is 0.773. The molecule has 0 saturated carbocycles. The highest BCUT2D eigenvalue weighted by molar-refractivity contribution is 14.0. The molecule has 0 fully saturated rings. The maximum Gasteiger partial charge on any atom is 0.224 e. The zero-order valence-electron chi connectivity index (χ0n) is 16.8. The van der Waals surface area contributed by atoms with Crippen molar-refractivity contribution in [1.29, 1.82) is 0 Å². The van der Waals surface area contributed by atoms with Crippen molar-refractivity contribution in [3.8, 4) is 0 Å². The molecule has 3 heterocycles. The summed E-state index contributed by atoms with van der Waals surface area (Å²) >= 11 is 3.34. The second kappa shape index (κ2) is 11.3. The monoisotopic (exact) mass is 548 g/mol. The van der Waals surface area contributed by atoms with Gasteiger partial charge in [-0.2, -0.15) is 11.3 Å². The number of nitrogens with zero attached hydrogens (tertiary/aromatic N) is 2. The number of nitrogens with one attached hydrogen (secondary N) is 2. The number of aliphatic imine (C=N–C) groups is 1. The number of halogens is 1. The molecule has 1 atom stereocenters. The molecular weight excluding hydrogens is 519 g/mol. The SMILES string of the molecule is CCNC(=NCC(C)(O)c1ccsc1)NCCC(=O)N1CCc2sccc2C1.I. The van der Waals surface area contributed by atoms with Crippen LogP contribution in [-0.4, -0.2) is 48.1 Å². The van der Waals surface area contributed by atoms with E-state index in [4.69, 9.17) is 0 Å². The quantitative estimate of drug-likeness (QED) is 0.282. The van der Waals surface area contributed by atoms with Crippen LogP contribution in [0.25, 0.3) is 0 Å². The van der Waals surface area contributed by atoms with Crippen LogP contribution in [-0.2, 0) is 23.4 Å². The summed E-state index contributed by atoms with van der Waals surface area (Å²) in [4.78, 5) is 20.4. The second-order valence-electron chi connectivity index (χ2n) is 7.09. The number of amides is 1. The van der Waals surface area contributed by atoms with Crippen LogP contribution in [0.2, 0.25) is 0 Å². The first-order valence-corrected chi connectivity index (χ1v) is 11.4. The van der Waals surface area contributed by atoms with E-state index in [0.717, 1.165) is 25.1 Å². The third-order valence-corrected chi connectivity index (χ3v) is 6.53. The molecule has 160 valence electrons. The predicted molar refractivity (Wildman–Crippen MR) is 131 cm³/mol. The van der Waals surface area contributed by atoms with Gasteiger partial charge < -0.3 is 20.6 Å². The molecule has 1 aliphatic rings. The van der Waals surface area contributed by atoms with E-state index in [1.54, 1.807) is 29.6 Å². The molecule has 1 unspecified atom stereocenters. The Hall–Kier alpha value is -1.17. The number of hydrogen-bond donors (Lipinski definition) is 3. The van der Waals surface area contributed by atoms with Crippen LogP contribution < -0.4 is 10.6 Å². The largest absolute Gasteiger partial charge is 0.383 e. The Balaban J connectivity index is 0.00000300. The average Bonchev–Trinajstić information content (AvgIpc) is 3.37. The Morgan fingerprint density at radius 2 is 2.17 bits per heavy atom. The summed E-state index contributed by atoms with van der Waals surface area (Å²) in [6.45, 7) is 6.75. The molecule has 3 rings (SSSR count). The van der Waals surface area contributed by atoms with E-state index in [-0.39, 0.29) is 36.4 Å². The van der Waals surface area contributed by atoms with Gasteiger partial charge in [-0.3, -0.25) is 4.79 Å². The molecule has 3 N–H and O–H groups in total. The number of carbonyl (C=O) groups is 1. The van der Waals surface area contributed by atoms with E-state index in [2.05, 4.69) is 27.1 Å². The first kappa shape index (κ1) is 24.1. The van der Waals surface area contributed by atoms with Gasteiger partial charge in [0.25, 0.3) is 0 Å². The first-order valence-electron chi connectivity index (χ1n) is 9.60. The zero-order chi connectivity index (χ0) is 20.0. The van der Waals surface area contributed by atoms with Crippen molar-refractivity contribution in [1.82, 2.24) is 15.5 Å². The van der Waals surface area contributed by atoms with Crippen LogP contribution >= 0.6 is 46.7 Å². The van der Waals surface area contributed by atoms with Crippen molar-refractivity contribution >= 4 is 58.5 Å². The number of hydrogen-bond acceptors (Lipinski definition) is 5. The molecular formula is C20H29IN4O2S2. The summed E-state index contributed by atoms with van der Waals surface area (Å²) in [7, 11) is 0. The standard InChI is InChI=1S/C20H28N4O2S2.HI/c1-3-21-19(23-14-20(2,26)16-7-10-27-13-16)22-8-4-18(25)24-9-5-17-15(12-24)6-11-28-17;/h6-7,10-11,13,26H,3-5,8-9,12,14H2,1-2H3,(H2,21,22,23);1H. The number of guanidine groups is 1. The van der Waals surface area contributed by atoms with E-state index in [0.29, 0.717) is 25.5 Å². The van der Waals surface area contributed by atoms with Gasteiger partial charge in [-0.25, -0.2) is 4.99 Å². The summed E-state index contributed by atoms with van der Waals surface area (Å²) < 4.78 is 0. The summed E-state index contributed by atoms with van der Waals surface area (Å²) in [5, 5.41) is 23.0. The molecule has 0 aromatic carbocycles. The van der Waals surface area contributed by atoms with Gasteiger partial charge in [-0.05, 0) is 59.7 Å². The first-order chi connectivity index (χ1) is 13.5. The number of aliphatic hydroxyl groups is 1. The Kier molecular flexibility index (Phi) is 9.38. The molecule has 0 aliphatic carbocycles. The highest BCUT2D eigenvalue weighted by Gasteiger charge is 2.24. The minimum Gasteiger partial charge on any atom is -0.383 e. The smallest absolute Gasteiger partial charge is 0.224 e. The van der Waals surface area contributed by atoms with Gasteiger partial charge in [-0.1, -0.05) is 0 Å². The Morgan fingerprint density at radius 1 is 1.34 bits per heavy atom. The molecule has 6 nitrogen and oxygen atoms in total. The molecule has 0 saturated heterocycles. The van der Waals surface area contributed by atoms with Gasteiger partial charge in [0.2, 0.25) is 5.91 Å². The van der Waals surface area contributed by atoms with Crippen LogP contribution in [0.1, 0.15) is 36.3 Å². The lowest BCUT2D eigenvalue weighted by Crippen LogP contribution is -2.41. The molecule has 2 aromatic heterocycles. The van der Waals surface area contributed by atoms with Crippen molar-refractivity contribution in [3.05, 3.63) is 44.3 Å². The van der Waals surface area contributed by atoms with E-state index in [1.165, 1.54) is 10.4 Å². The summed E-state index contributed by atoms with van der Waals surface area (Å²) in [6, 6.07) is 4.03. The minimum absolute atomic E-state index is 0. The second-order valence-corrected chi connectivity index (χ2v) is 8.87. The van der Waals surface area contributed by atoms with Gasteiger partial charge in [0, 0.05) is 37.5 Å². The molecule has 29 heavy (non-hydrogen) atoms. The lowest BCUT2D eigenvalue weighted by atomic mass is 10.00. The topological polar surface area (TPSA) is 77.0 Å². The maximum atomic E-state index is 12.5. The normalized spacial score (nSPS) is 15.8. The third-order valence-electron chi connectivity index (χ3n) is 4.82. The van der Waals surface area contributed by atoms with Crippen LogP contribution in [0, 0.1) is 0 Å². The fourth-order valence-electron chi connectivity index (χ4n) is 3.14. The van der Waals surface area contributed by atoms with E-state index in [9.17, 15) is 9.90 Å². The number of thiophene rings is 2. The van der Waals surface area contributed by atoms with Crippen molar-refractivity contribution in [3.63, 3.8) is 0 Å². The van der Waals surface area contributed by atoms with Crippen molar-refractivity contribution in [2.24, 2.45) is 4.99 Å². The number of fused-ring (bicyclic) bond motifs is 1. The molecule has 0 bridgehead atoms. The summed E-state index contributed by atoms with van der Waals surface area (Å²) in [5.41, 5.74) is 1.14. The molecule has 2 aromatic rings. The van der Waals surface area contributed by atoms with E-state index >= 15 is 0 Å². The van der Waals surface area contributed by atoms with E-state index in [1.807, 2.05) is 28.7 Å². The maximum absolute atomic E-state index is 12.5. The highest BCUT2D eigenvalue weighted by atomic mass is 127. The number of carbonyl (C=O) groups excluding carboxylic acids is 1. The van der Waals surface area contributed by atoms with Crippen LogP contribution in [0.3, 0.4) is 0 Å². The van der Waals surface area contributed by atoms with Crippen LogP contribution in [0.15, 0.2) is 33.3 Å². The van der Waals surface area contributed by atoms with Gasteiger partial charge in [-0.15, -0.1) is 35.3 Å². The van der Waals surface area contributed by atoms with E-state index < -0.39 is 5.60 Å². The fraction of sp³-hybridized carbons (Fsp3) is 0.500. The fourth-order valence-corrected chi connectivity index (χ4v) is 4.82. The minimum atomic E-state index is -1.01. The number of rotatable bonds is 7. The van der Waals surface area contributed by atoms with Gasteiger partial charge >= 0.3 is 0 Å². The molecule has 1 amide bonds. The van der Waals surface area contributed by atoms with Crippen molar-refractivity contribution in [2.45, 2.75) is 38.8 Å². The lowest BCUT2D eigenvalue weighted by Gasteiger charge is -2.27. The Morgan fingerprint density at radius 3 is 2.90 bits per heavy atom. The highest BCUT2D eigenvalue weighted by Crippen LogP contribution is 2.24. The Labute approximate surface area is 197 Å². The molecule has 0 spiro atoms. The molecule has 0 radical (unpaired) electrons.